The molecule has 2 rings (SSSR count). The van der Waals surface area contributed by atoms with Crippen LogP contribution in [0.15, 0.2) is 0 Å². The summed E-state index contributed by atoms with van der Waals surface area (Å²) in [4.78, 5) is 14.6. The predicted molar refractivity (Wildman–Crippen MR) is 84.0 cm³/mol. The van der Waals surface area contributed by atoms with Crippen LogP contribution in [0.1, 0.15) is 36.4 Å². The van der Waals surface area contributed by atoms with Gasteiger partial charge >= 0.3 is 0 Å². The molecule has 1 fully saturated rings. The molecule has 1 saturated heterocycles. The highest BCUT2D eigenvalue weighted by molar-refractivity contribution is 7.19. The van der Waals surface area contributed by atoms with E-state index >= 15 is 0 Å². The number of thiophene rings is 1. The fraction of sp³-hybridized carbons (Fsp3) is 0.643. The number of likely N-dealkylation sites (tertiary alicyclic amines) is 1. The Hall–Kier alpha value is -1.27. The number of likely N-dealkylation sites (N-methyl/N-ethyl adjacent to an activating group) is 1. The van der Waals surface area contributed by atoms with Gasteiger partial charge in [0.2, 0.25) is 0 Å². The number of rotatable bonds is 6. The van der Waals surface area contributed by atoms with Crippen LogP contribution in [-0.2, 0) is 0 Å². The van der Waals surface area contributed by atoms with Gasteiger partial charge in [-0.1, -0.05) is 6.92 Å². The molecule has 5 nitrogen and oxygen atoms in total. The first-order valence-corrected chi connectivity index (χ1v) is 7.85. The predicted octanol–water partition coefficient (Wildman–Crippen LogP) is 2.44. The van der Waals surface area contributed by atoms with Gasteiger partial charge in [0.25, 0.3) is 0 Å². The second kappa shape index (κ2) is 6.45. The number of nitrogens with zero attached hydrogens (tertiary/aromatic N) is 1. The van der Waals surface area contributed by atoms with Crippen LogP contribution in [0, 0.1) is 0 Å². The molecule has 0 amide bonds. The maximum Gasteiger partial charge on any atom is 0.176 e. The summed E-state index contributed by atoms with van der Waals surface area (Å²) in [6, 6.07) is 0.550. The average molecular weight is 297 g/mol. The normalized spacial score (nSPS) is 19.2. The van der Waals surface area contributed by atoms with E-state index in [1.54, 1.807) is 7.11 Å². The van der Waals surface area contributed by atoms with Crippen LogP contribution in [0.25, 0.3) is 0 Å². The Bertz CT molecular complexity index is 487. The lowest BCUT2D eigenvalue weighted by molar-refractivity contribution is 0.102. The molecule has 0 radical (unpaired) electrons. The third kappa shape index (κ3) is 2.91. The molecule has 20 heavy (non-hydrogen) atoms. The van der Waals surface area contributed by atoms with Gasteiger partial charge in [-0.25, -0.2) is 0 Å². The molecular weight excluding hydrogens is 274 g/mol. The average Bonchev–Trinajstić information content (AvgIpc) is 2.99. The third-order valence-corrected chi connectivity index (χ3v) is 5.07. The first-order valence-electron chi connectivity index (χ1n) is 7.03. The van der Waals surface area contributed by atoms with E-state index in [2.05, 4.69) is 17.1 Å². The Kier molecular flexibility index (Phi) is 4.88. The maximum absolute atomic E-state index is 11.5. The van der Waals surface area contributed by atoms with Crippen LogP contribution in [0.4, 0.5) is 10.7 Å². The first-order chi connectivity index (χ1) is 9.58. The molecule has 1 aliphatic rings. The first kappa shape index (κ1) is 15.1. The number of Topliss-reactive ketones (excluding diaryl/α,β-unsaturated/α-hetero) is 1. The summed E-state index contributed by atoms with van der Waals surface area (Å²) in [6.45, 7) is 6.83. The molecule has 0 saturated carbocycles. The quantitative estimate of drug-likeness (QED) is 0.789. The largest absolute Gasteiger partial charge is 0.492 e. The van der Waals surface area contributed by atoms with E-state index in [9.17, 15) is 4.79 Å². The van der Waals surface area contributed by atoms with Gasteiger partial charge < -0.3 is 15.8 Å². The molecule has 1 aliphatic heterocycles. The highest BCUT2D eigenvalue weighted by Gasteiger charge is 2.24. The van der Waals surface area contributed by atoms with Crippen LogP contribution in [0.3, 0.4) is 0 Å². The molecule has 3 N–H and O–H groups in total. The molecule has 1 unspecified atom stereocenters. The molecule has 2 heterocycles. The zero-order valence-corrected chi connectivity index (χ0v) is 13.2. The van der Waals surface area contributed by atoms with Crippen molar-refractivity contribution in [1.82, 2.24) is 4.90 Å². The number of nitrogens with two attached hydrogens (primary N) is 1. The third-order valence-electron chi connectivity index (χ3n) is 3.83. The lowest BCUT2D eigenvalue weighted by Crippen LogP contribution is -2.34. The van der Waals surface area contributed by atoms with E-state index in [1.807, 2.05) is 0 Å². The number of hydrogen-bond acceptors (Lipinski definition) is 6. The number of anilines is 2. The van der Waals surface area contributed by atoms with Crippen molar-refractivity contribution in [3.8, 4) is 5.75 Å². The minimum absolute atomic E-state index is 0.0186. The van der Waals surface area contributed by atoms with E-state index < -0.39 is 0 Å². The van der Waals surface area contributed by atoms with Crippen LogP contribution >= 0.6 is 11.3 Å². The lowest BCUT2D eigenvalue weighted by Gasteiger charge is -2.23. The van der Waals surface area contributed by atoms with Crippen molar-refractivity contribution in [3.05, 3.63) is 4.88 Å². The number of carbonyl (C=O) groups is 1. The maximum atomic E-state index is 11.5. The van der Waals surface area contributed by atoms with Crippen molar-refractivity contribution in [2.45, 2.75) is 32.7 Å². The molecule has 1 aromatic heterocycles. The van der Waals surface area contributed by atoms with Crippen molar-refractivity contribution in [2.75, 3.05) is 37.8 Å². The van der Waals surface area contributed by atoms with Crippen LogP contribution in [-0.4, -0.2) is 43.5 Å². The lowest BCUT2D eigenvalue weighted by atomic mass is 10.2. The molecule has 1 atom stereocenters. The monoisotopic (exact) mass is 297 g/mol. The minimum Gasteiger partial charge on any atom is -0.492 e. The SMILES string of the molecule is CCN1CCCC1CNc1sc(C(C)=O)c(N)c1OC. The summed E-state index contributed by atoms with van der Waals surface area (Å²) in [5.41, 5.74) is 6.42. The summed E-state index contributed by atoms with van der Waals surface area (Å²) in [5.74, 6) is 0.580. The van der Waals surface area contributed by atoms with Crippen molar-refractivity contribution in [1.29, 1.82) is 0 Å². The number of ether oxygens (including phenoxy) is 1. The Balaban J connectivity index is 2.09. The van der Waals surface area contributed by atoms with Gasteiger partial charge in [-0.3, -0.25) is 9.69 Å². The second-order valence-corrected chi connectivity index (χ2v) is 6.09. The number of ketones is 1. The molecule has 0 spiro atoms. The number of methoxy groups -OCH3 is 1. The number of carbonyl (C=O) groups excluding carboxylic acids is 1. The topological polar surface area (TPSA) is 67.6 Å². The molecular formula is C14H23N3O2S. The number of hydrogen-bond donors (Lipinski definition) is 2. The highest BCUT2D eigenvalue weighted by atomic mass is 32.1. The summed E-state index contributed by atoms with van der Waals surface area (Å²) < 4.78 is 5.33. The smallest absolute Gasteiger partial charge is 0.176 e. The van der Waals surface area contributed by atoms with E-state index in [4.69, 9.17) is 10.5 Å². The Morgan fingerprint density at radius 1 is 1.60 bits per heavy atom. The summed E-state index contributed by atoms with van der Waals surface area (Å²) in [6.07, 6.45) is 2.46. The van der Waals surface area contributed by atoms with E-state index in [1.165, 1.54) is 37.6 Å². The highest BCUT2D eigenvalue weighted by Crippen LogP contribution is 2.42. The summed E-state index contributed by atoms with van der Waals surface area (Å²) in [7, 11) is 1.58. The van der Waals surface area contributed by atoms with E-state index in [0.717, 1.165) is 18.1 Å². The van der Waals surface area contributed by atoms with Crippen LogP contribution in [0.5, 0.6) is 5.75 Å². The Labute approximate surface area is 124 Å². The molecule has 1 aromatic rings. The molecule has 0 bridgehead atoms. The zero-order valence-electron chi connectivity index (χ0n) is 12.4. The van der Waals surface area contributed by atoms with Gasteiger partial charge in [0.15, 0.2) is 11.5 Å². The Morgan fingerprint density at radius 2 is 2.35 bits per heavy atom. The van der Waals surface area contributed by atoms with Gasteiger partial charge in [-0.2, -0.15) is 0 Å². The molecule has 0 aliphatic carbocycles. The molecule has 0 aromatic carbocycles. The van der Waals surface area contributed by atoms with Gasteiger partial charge in [0.1, 0.15) is 5.00 Å². The van der Waals surface area contributed by atoms with Gasteiger partial charge in [-0.15, -0.1) is 11.3 Å². The van der Waals surface area contributed by atoms with Crippen LogP contribution in [0.2, 0.25) is 0 Å². The zero-order chi connectivity index (χ0) is 14.7. The van der Waals surface area contributed by atoms with Crippen molar-refractivity contribution >= 4 is 27.8 Å². The van der Waals surface area contributed by atoms with Crippen molar-refractivity contribution in [2.24, 2.45) is 0 Å². The molecule has 6 heteroatoms. The second-order valence-electron chi connectivity index (χ2n) is 5.07. The fourth-order valence-electron chi connectivity index (χ4n) is 2.76. The summed E-state index contributed by atoms with van der Waals surface area (Å²) >= 11 is 1.38. The van der Waals surface area contributed by atoms with Crippen molar-refractivity contribution in [3.63, 3.8) is 0 Å². The van der Waals surface area contributed by atoms with E-state index in [0.29, 0.717) is 22.4 Å². The van der Waals surface area contributed by atoms with Crippen molar-refractivity contribution < 1.29 is 9.53 Å². The molecule has 112 valence electrons. The van der Waals surface area contributed by atoms with Crippen LogP contribution < -0.4 is 15.8 Å². The van der Waals surface area contributed by atoms with Gasteiger partial charge in [-0.05, 0) is 25.9 Å². The number of nitrogens with one attached hydrogen (secondary N) is 1. The number of nitrogen functional groups attached to an aromatic ring is 1. The van der Waals surface area contributed by atoms with Gasteiger partial charge in [0.05, 0.1) is 17.7 Å². The fourth-order valence-corrected chi connectivity index (χ4v) is 3.75. The minimum atomic E-state index is -0.0186. The summed E-state index contributed by atoms with van der Waals surface area (Å²) in [5, 5.41) is 4.27. The standard InChI is InChI=1S/C14H23N3O2S/c1-4-17-7-5-6-10(17)8-16-14-12(19-3)11(15)13(20-14)9(2)18/h10,16H,4-8,15H2,1-3H3. The Morgan fingerprint density at radius 3 is 2.95 bits per heavy atom. The van der Waals surface area contributed by atoms with E-state index in [-0.39, 0.29) is 5.78 Å². The van der Waals surface area contributed by atoms with Gasteiger partial charge in [0, 0.05) is 19.5 Å².